The van der Waals surface area contributed by atoms with Crippen LogP contribution in [0.2, 0.25) is 0 Å². The van der Waals surface area contributed by atoms with Gasteiger partial charge in [-0.1, -0.05) is 6.07 Å². The lowest BCUT2D eigenvalue weighted by atomic mass is 10.1. The van der Waals surface area contributed by atoms with Crippen molar-refractivity contribution >= 4 is 9.84 Å². The summed E-state index contributed by atoms with van der Waals surface area (Å²) in [5.74, 6) is 0.306. The molecule has 0 fully saturated rings. The van der Waals surface area contributed by atoms with E-state index in [1.807, 2.05) is 13.8 Å². The van der Waals surface area contributed by atoms with Crippen molar-refractivity contribution in [2.75, 3.05) is 6.26 Å². The van der Waals surface area contributed by atoms with E-state index in [1.165, 1.54) is 40.0 Å². The van der Waals surface area contributed by atoms with Gasteiger partial charge in [0.15, 0.2) is 21.3 Å². The Morgan fingerprint density at radius 1 is 1.09 bits per heavy atom. The molecule has 32 heavy (non-hydrogen) atoms. The van der Waals surface area contributed by atoms with Crippen molar-refractivity contribution in [2.24, 2.45) is 0 Å². The van der Waals surface area contributed by atoms with Crippen molar-refractivity contribution < 1.29 is 8.42 Å². The molecule has 1 aromatic carbocycles. The van der Waals surface area contributed by atoms with Gasteiger partial charge in [0, 0.05) is 24.2 Å². The van der Waals surface area contributed by atoms with E-state index >= 15 is 0 Å². The Hall–Kier alpha value is -4.10. The van der Waals surface area contributed by atoms with E-state index in [4.69, 9.17) is 0 Å². The van der Waals surface area contributed by atoms with E-state index in [0.717, 1.165) is 11.8 Å². The SMILES string of the molecule is Cc1cc(C)c(C#N)c(-n2nccc2-c2nn(-c3cccc(S(C)(=O)=O)c3)ccc2=O)n1. The molecule has 160 valence electrons. The minimum atomic E-state index is -3.41. The Bertz CT molecular complexity index is 1560. The average Bonchev–Trinajstić information content (AvgIpc) is 3.22. The molecule has 0 aliphatic carbocycles. The molecule has 0 saturated carbocycles. The second-order valence-electron chi connectivity index (χ2n) is 7.26. The van der Waals surface area contributed by atoms with Crippen LogP contribution in [-0.2, 0) is 9.84 Å². The van der Waals surface area contributed by atoms with Crippen LogP contribution in [0.25, 0.3) is 22.9 Å². The van der Waals surface area contributed by atoms with Gasteiger partial charge in [-0.3, -0.25) is 4.79 Å². The van der Waals surface area contributed by atoms with Crippen molar-refractivity contribution in [3.63, 3.8) is 0 Å². The summed E-state index contributed by atoms with van der Waals surface area (Å²) >= 11 is 0. The number of pyridine rings is 1. The van der Waals surface area contributed by atoms with Crippen molar-refractivity contribution in [3.8, 4) is 29.0 Å². The molecule has 0 aliphatic rings. The molecular formula is C22H18N6O3S. The largest absolute Gasteiger partial charge is 0.287 e. The molecule has 0 N–H and O–H groups in total. The lowest BCUT2D eigenvalue weighted by molar-refractivity contribution is 0.601. The molecular weight excluding hydrogens is 428 g/mol. The molecule has 10 heteroatoms. The van der Waals surface area contributed by atoms with Gasteiger partial charge in [-0.2, -0.15) is 15.5 Å². The fraction of sp³-hybridized carbons (Fsp3) is 0.136. The Labute approximate surface area is 184 Å². The van der Waals surface area contributed by atoms with Gasteiger partial charge in [-0.15, -0.1) is 0 Å². The maximum atomic E-state index is 12.7. The number of hydrogen-bond acceptors (Lipinski definition) is 7. The Balaban J connectivity index is 1.90. The van der Waals surface area contributed by atoms with Crippen molar-refractivity contribution in [1.82, 2.24) is 24.5 Å². The molecule has 9 nitrogen and oxygen atoms in total. The third kappa shape index (κ3) is 3.81. The summed E-state index contributed by atoms with van der Waals surface area (Å²) in [6.07, 6.45) is 4.08. The van der Waals surface area contributed by atoms with Crippen molar-refractivity contribution in [1.29, 1.82) is 5.26 Å². The second-order valence-corrected chi connectivity index (χ2v) is 9.28. The van der Waals surface area contributed by atoms with Crippen LogP contribution < -0.4 is 5.43 Å². The van der Waals surface area contributed by atoms with Crippen LogP contribution in [0, 0.1) is 25.2 Å². The second kappa shape index (κ2) is 7.86. The molecule has 4 aromatic rings. The Morgan fingerprint density at radius 3 is 2.59 bits per heavy atom. The minimum absolute atomic E-state index is 0.0830. The smallest absolute Gasteiger partial charge is 0.209 e. The van der Waals surface area contributed by atoms with Gasteiger partial charge in [-0.25, -0.2) is 22.8 Å². The van der Waals surface area contributed by atoms with Crippen LogP contribution in [0.3, 0.4) is 0 Å². The number of nitriles is 1. The summed E-state index contributed by atoms with van der Waals surface area (Å²) in [6.45, 7) is 3.62. The van der Waals surface area contributed by atoms with E-state index in [9.17, 15) is 18.5 Å². The van der Waals surface area contributed by atoms with Crippen LogP contribution in [0.15, 0.2) is 64.5 Å². The third-order valence-electron chi connectivity index (χ3n) is 4.84. The van der Waals surface area contributed by atoms with Gasteiger partial charge in [0.05, 0.1) is 22.3 Å². The highest BCUT2D eigenvalue weighted by Crippen LogP contribution is 2.22. The van der Waals surface area contributed by atoms with Gasteiger partial charge >= 0.3 is 0 Å². The zero-order chi connectivity index (χ0) is 23.0. The van der Waals surface area contributed by atoms with E-state index in [0.29, 0.717) is 28.5 Å². The number of rotatable bonds is 4. The molecule has 0 radical (unpaired) electrons. The minimum Gasteiger partial charge on any atom is -0.287 e. The summed E-state index contributed by atoms with van der Waals surface area (Å²) in [4.78, 5) is 17.3. The molecule has 0 spiro atoms. The van der Waals surface area contributed by atoms with Gasteiger partial charge in [0.25, 0.3) is 0 Å². The van der Waals surface area contributed by atoms with E-state index in [-0.39, 0.29) is 16.0 Å². The topological polar surface area (TPSA) is 124 Å². The van der Waals surface area contributed by atoms with Crippen molar-refractivity contribution in [2.45, 2.75) is 18.7 Å². The standard InChI is InChI=1S/C22H18N6O3S/c1-14-11-15(2)25-22(18(14)13-23)28-19(7-9-24-28)21-20(29)8-10-27(26-21)16-5-4-6-17(12-16)32(3,30)31/h4-12H,1-3H3. The summed E-state index contributed by atoms with van der Waals surface area (Å²) in [7, 11) is -3.41. The molecule has 4 rings (SSSR count). The van der Waals surface area contributed by atoms with E-state index < -0.39 is 9.84 Å². The predicted molar refractivity (Wildman–Crippen MR) is 117 cm³/mol. The number of hydrogen-bond donors (Lipinski definition) is 0. The number of aromatic nitrogens is 5. The number of nitrogens with zero attached hydrogens (tertiary/aromatic N) is 6. The number of benzene rings is 1. The van der Waals surface area contributed by atoms with Gasteiger partial charge in [0.1, 0.15) is 11.8 Å². The first-order valence-electron chi connectivity index (χ1n) is 9.52. The molecule has 0 amide bonds. The normalized spacial score (nSPS) is 11.3. The highest BCUT2D eigenvalue weighted by atomic mass is 32.2. The first kappa shape index (κ1) is 21.1. The van der Waals surface area contributed by atoms with Gasteiger partial charge in [0.2, 0.25) is 5.43 Å². The van der Waals surface area contributed by atoms with Crippen LogP contribution in [0.1, 0.15) is 16.8 Å². The highest BCUT2D eigenvalue weighted by Gasteiger charge is 2.19. The predicted octanol–water partition coefficient (Wildman–Crippen LogP) is 2.37. The van der Waals surface area contributed by atoms with Crippen LogP contribution >= 0.6 is 0 Å². The molecule has 3 heterocycles. The summed E-state index contributed by atoms with van der Waals surface area (Å²) in [6, 6.07) is 13.2. The maximum absolute atomic E-state index is 12.7. The highest BCUT2D eigenvalue weighted by molar-refractivity contribution is 7.90. The number of sulfone groups is 1. The first-order valence-corrected chi connectivity index (χ1v) is 11.4. The fourth-order valence-corrected chi connectivity index (χ4v) is 4.01. The molecule has 0 unspecified atom stereocenters. The van der Waals surface area contributed by atoms with E-state index in [1.54, 1.807) is 24.3 Å². The lowest BCUT2D eigenvalue weighted by Gasteiger charge is -2.12. The van der Waals surface area contributed by atoms with Gasteiger partial charge < -0.3 is 0 Å². The summed E-state index contributed by atoms with van der Waals surface area (Å²) in [5.41, 5.74) is 2.35. The van der Waals surface area contributed by atoms with Crippen molar-refractivity contribution in [3.05, 3.63) is 81.9 Å². The average molecular weight is 446 g/mol. The molecule has 0 saturated heterocycles. The van der Waals surface area contributed by atoms with Crippen LogP contribution in [-0.4, -0.2) is 39.2 Å². The zero-order valence-electron chi connectivity index (χ0n) is 17.5. The molecule has 3 aromatic heterocycles. The Kier molecular flexibility index (Phi) is 5.20. The first-order chi connectivity index (χ1) is 15.2. The lowest BCUT2D eigenvalue weighted by Crippen LogP contribution is -2.16. The summed E-state index contributed by atoms with van der Waals surface area (Å²) in [5, 5.41) is 18.3. The van der Waals surface area contributed by atoms with Crippen LogP contribution in [0.4, 0.5) is 0 Å². The Morgan fingerprint density at radius 2 is 1.88 bits per heavy atom. The number of aryl methyl sites for hydroxylation is 2. The quantitative estimate of drug-likeness (QED) is 0.471. The van der Waals surface area contributed by atoms with E-state index in [2.05, 4.69) is 21.3 Å². The monoisotopic (exact) mass is 446 g/mol. The van der Waals surface area contributed by atoms with Crippen LogP contribution in [0.5, 0.6) is 0 Å². The fourth-order valence-electron chi connectivity index (χ4n) is 3.35. The molecule has 0 atom stereocenters. The summed E-state index contributed by atoms with van der Waals surface area (Å²) < 4.78 is 26.7. The maximum Gasteiger partial charge on any atom is 0.209 e. The zero-order valence-corrected chi connectivity index (χ0v) is 18.3. The van der Waals surface area contributed by atoms with Gasteiger partial charge in [-0.05, 0) is 49.7 Å². The molecule has 0 bridgehead atoms. The third-order valence-corrected chi connectivity index (χ3v) is 5.95. The molecule has 0 aliphatic heterocycles.